The SMILES string of the molecule is CC(C)CN(CC(=O)N1CCn2cccc2[C@@H]1c1ccccc1F)C(=O)C1CCCC1. The first-order valence-corrected chi connectivity index (χ1v) is 11.4. The van der Waals surface area contributed by atoms with Crippen LogP contribution in [0.1, 0.15) is 56.8 Å². The lowest BCUT2D eigenvalue weighted by atomic mass is 9.99. The number of hydrogen-bond donors (Lipinski definition) is 0. The molecule has 2 aliphatic rings. The molecule has 1 fully saturated rings. The summed E-state index contributed by atoms with van der Waals surface area (Å²) in [6.45, 7) is 5.91. The number of amides is 2. The highest BCUT2D eigenvalue weighted by Gasteiger charge is 2.36. The summed E-state index contributed by atoms with van der Waals surface area (Å²) in [5.41, 5.74) is 1.40. The number of benzene rings is 1. The molecule has 0 unspecified atom stereocenters. The minimum Gasteiger partial charge on any atom is -0.348 e. The number of fused-ring (bicyclic) bond motifs is 1. The average molecular weight is 426 g/mol. The van der Waals surface area contributed by atoms with E-state index in [2.05, 4.69) is 18.4 Å². The van der Waals surface area contributed by atoms with Gasteiger partial charge in [0.2, 0.25) is 11.8 Å². The summed E-state index contributed by atoms with van der Waals surface area (Å²) < 4.78 is 16.8. The van der Waals surface area contributed by atoms with Crippen LogP contribution in [0.4, 0.5) is 4.39 Å². The van der Waals surface area contributed by atoms with Gasteiger partial charge in [-0.2, -0.15) is 0 Å². The van der Waals surface area contributed by atoms with Crippen molar-refractivity contribution in [3.63, 3.8) is 0 Å². The summed E-state index contributed by atoms with van der Waals surface area (Å²) >= 11 is 0. The van der Waals surface area contributed by atoms with Crippen LogP contribution in [0.5, 0.6) is 0 Å². The monoisotopic (exact) mass is 425 g/mol. The molecule has 1 atom stereocenters. The molecule has 0 N–H and O–H groups in total. The van der Waals surface area contributed by atoms with E-state index in [1.165, 1.54) is 6.07 Å². The minimum atomic E-state index is -0.486. The Balaban J connectivity index is 1.60. The summed E-state index contributed by atoms with van der Waals surface area (Å²) in [5, 5.41) is 0. The Morgan fingerprint density at radius 3 is 2.55 bits per heavy atom. The van der Waals surface area contributed by atoms with Gasteiger partial charge >= 0.3 is 0 Å². The van der Waals surface area contributed by atoms with Crippen molar-refractivity contribution >= 4 is 11.8 Å². The van der Waals surface area contributed by atoms with Gasteiger partial charge in [0, 0.05) is 43.0 Å². The fourth-order valence-corrected chi connectivity index (χ4v) is 5.03. The Kier molecular flexibility index (Phi) is 6.44. The quantitative estimate of drug-likeness (QED) is 0.695. The average Bonchev–Trinajstić information content (AvgIpc) is 3.44. The van der Waals surface area contributed by atoms with Gasteiger partial charge in [0.1, 0.15) is 11.9 Å². The van der Waals surface area contributed by atoms with Gasteiger partial charge < -0.3 is 14.4 Å². The maximum absolute atomic E-state index is 14.8. The zero-order valence-electron chi connectivity index (χ0n) is 18.5. The summed E-state index contributed by atoms with van der Waals surface area (Å²) in [4.78, 5) is 30.2. The van der Waals surface area contributed by atoms with E-state index in [4.69, 9.17) is 0 Å². The van der Waals surface area contributed by atoms with Crippen molar-refractivity contribution in [1.29, 1.82) is 0 Å². The number of hydrogen-bond acceptors (Lipinski definition) is 2. The van der Waals surface area contributed by atoms with Crippen molar-refractivity contribution in [3.05, 3.63) is 59.7 Å². The van der Waals surface area contributed by atoms with Crippen molar-refractivity contribution in [3.8, 4) is 0 Å². The van der Waals surface area contributed by atoms with E-state index in [0.717, 1.165) is 31.4 Å². The molecule has 166 valence electrons. The summed E-state index contributed by atoms with van der Waals surface area (Å²) in [6, 6.07) is 10.1. The van der Waals surface area contributed by atoms with Crippen LogP contribution in [0, 0.1) is 17.7 Å². The Morgan fingerprint density at radius 2 is 1.84 bits per heavy atom. The second kappa shape index (κ2) is 9.25. The predicted octanol–water partition coefficient (Wildman–Crippen LogP) is 4.23. The zero-order chi connectivity index (χ0) is 22.0. The lowest BCUT2D eigenvalue weighted by molar-refractivity contribution is -0.144. The van der Waals surface area contributed by atoms with Crippen LogP contribution >= 0.6 is 0 Å². The molecule has 31 heavy (non-hydrogen) atoms. The number of carbonyl (C=O) groups is 2. The van der Waals surface area contributed by atoms with Gasteiger partial charge in [-0.15, -0.1) is 0 Å². The molecular formula is C25H32FN3O2. The topological polar surface area (TPSA) is 45.6 Å². The van der Waals surface area contributed by atoms with Crippen molar-refractivity contribution in [2.24, 2.45) is 11.8 Å². The molecule has 1 saturated carbocycles. The molecule has 1 aliphatic heterocycles. The number of carbonyl (C=O) groups excluding carboxylic acids is 2. The first-order chi connectivity index (χ1) is 15.0. The maximum Gasteiger partial charge on any atom is 0.243 e. The molecular weight excluding hydrogens is 393 g/mol. The van der Waals surface area contributed by atoms with E-state index in [9.17, 15) is 14.0 Å². The van der Waals surface area contributed by atoms with Crippen molar-refractivity contribution in [1.82, 2.24) is 14.4 Å². The molecule has 1 aromatic carbocycles. The summed E-state index contributed by atoms with van der Waals surface area (Å²) in [7, 11) is 0. The second-order valence-corrected chi connectivity index (χ2v) is 9.23. The van der Waals surface area contributed by atoms with E-state index in [-0.39, 0.29) is 36.0 Å². The molecule has 4 rings (SSSR count). The second-order valence-electron chi connectivity index (χ2n) is 9.23. The van der Waals surface area contributed by atoms with Crippen LogP contribution in [0.3, 0.4) is 0 Å². The number of halogens is 1. The largest absolute Gasteiger partial charge is 0.348 e. The lowest BCUT2D eigenvalue weighted by Gasteiger charge is -2.39. The van der Waals surface area contributed by atoms with Crippen LogP contribution in [0.25, 0.3) is 0 Å². The smallest absolute Gasteiger partial charge is 0.243 e. The van der Waals surface area contributed by atoms with Gasteiger partial charge in [-0.25, -0.2) is 4.39 Å². The number of rotatable bonds is 6. The van der Waals surface area contributed by atoms with Crippen LogP contribution in [0.15, 0.2) is 42.6 Å². The highest BCUT2D eigenvalue weighted by Crippen LogP contribution is 2.34. The van der Waals surface area contributed by atoms with Gasteiger partial charge in [0.05, 0.1) is 6.54 Å². The fraction of sp³-hybridized carbons (Fsp3) is 0.520. The highest BCUT2D eigenvalue weighted by atomic mass is 19.1. The number of nitrogens with zero attached hydrogens (tertiary/aromatic N) is 3. The van der Waals surface area contributed by atoms with E-state index >= 15 is 0 Å². The first-order valence-electron chi connectivity index (χ1n) is 11.4. The normalized spacial score (nSPS) is 19.0. The highest BCUT2D eigenvalue weighted by molar-refractivity contribution is 5.86. The third kappa shape index (κ3) is 4.53. The van der Waals surface area contributed by atoms with Gasteiger partial charge in [0.25, 0.3) is 0 Å². The molecule has 1 aromatic heterocycles. The number of aromatic nitrogens is 1. The Morgan fingerprint density at radius 1 is 1.10 bits per heavy atom. The molecule has 0 spiro atoms. The molecule has 2 aromatic rings. The maximum atomic E-state index is 14.8. The van der Waals surface area contributed by atoms with E-state index < -0.39 is 6.04 Å². The van der Waals surface area contributed by atoms with Crippen LogP contribution in [-0.2, 0) is 16.1 Å². The van der Waals surface area contributed by atoms with Crippen molar-refractivity contribution in [2.75, 3.05) is 19.6 Å². The lowest BCUT2D eigenvalue weighted by Crippen LogP contribution is -2.49. The zero-order valence-corrected chi connectivity index (χ0v) is 18.5. The van der Waals surface area contributed by atoms with Crippen LogP contribution in [0.2, 0.25) is 0 Å². The van der Waals surface area contributed by atoms with E-state index in [1.54, 1.807) is 28.0 Å². The third-order valence-corrected chi connectivity index (χ3v) is 6.49. The van der Waals surface area contributed by atoms with Gasteiger partial charge in [-0.1, -0.05) is 44.9 Å². The standard InChI is InChI=1S/C25H32FN3O2/c1-18(2)16-28(25(31)19-8-3-4-9-19)17-23(30)29-15-14-27-13-7-12-22(27)24(29)20-10-5-6-11-21(20)26/h5-7,10-13,18-19,24H,3-4,8-9,14-17H2,1-2H3/t24-/m0/s1. The third-order valence-electron chi connectivity index (χ3n) is 6.49. The van der Waals surface area contributed by atoms with Crippen LogP contribution < -0.4 is 0 Å². The predicted molar refractivity (Wildman–Crippen MR) is 118 cm³/mol. The minimum absolute atomic E-state index is 0.0347. The fourth-order valence-electron chi connectivity index (χ4n) is 5.03. The van der Waals surface area contributed by atoms with Gasteiger partial charge in [-0.05, 0) is 37.0 Å². The van der Waals surface area contributed by atoms with E-state index in [0.29, 0.717) is 25.2 Å². The van der Waals surface area contributed by atoms with Crippen LogP contribution in [-0.4, -0.2) is 45.8 Å². The molecule has 1 aliphatic carbocycles. The van der Waals surface area contributed by atoms with Gasteiger partial charge in [-0.3, -0.25) is 9.59 Å². The molecule has 2 amide bonds. The molecule has 0 saturated heterocycles. The molecule has 5 nitrogen and oxygen atoms in total. The summed E-state index contributed by atoms with van der Waals surface area (Å²) in [6.07, 6.45) is 5.96. The molecule has 0 radical (unpaired) electrons. The summed E-state index contributed by atoms with van der Waals surface area (Å²) in [5.74, 6) is -0.0253. The molecule has 2 heterocycles. The van der Waals surface area contributed by atoms with Crippen molar-refractivity contribution in [2.45, 2.75) is 52.1 Å². The Bertz CT molecular complexity index is 932. The Hall–Kier alpha value is -2.63. The molecule has 0 bridgehead atoms. The van der Waals surface area contributed by atoms with Gasteiger partial charge in [0.15, 0.2) is 0 Å². The molecule has 6 heteroatoms. The van der Waals surface area contributed by atoms with Crippen molar-refractivity contribution < 1.29 is 14.0 Å². The Labute approximate surface area is 183 Å². The van der Waals surface area contributed by atoms with E-state index in [1.807, 2.05) is 18.3 Å². The first kappa shape index (κ1) is 21.6.